The van der Waals surface area contributed by atoms with Crippen LogP contribution < -0.4 is 0 Å². The van der Waals surface area contributed by atoms with E-state index in [2.05, 4.69) is 0 Å². The van der Waals surface area contributed by atoms with Crippen LogP contribution in [0.25, 0.3) is 0 Å². The van der Waals surface area contributed by atoms with E-state index < -0.39 is 0 Å². The van der Waals surface area contributed by atoms with E-state index in [9.17, 15) is 9.59 Å². The van der Waals surface area contributed by atoms with Gasteiger partial charge in [0.15, 0.2) is 0 Å². The maximum absolute atomic E-state index is 11.8. The molecule has 2 fully saturated rings. The second kappa shape index (κ2) is 3.48. The van der Waals surface area contributed by atoms with Crippen molar-refractivity contribution in [3.8, 4) is 0 Å². The summed E-state index contributed by atoms with van der Waals surface area (Å²) in [6.45, 7) is 4.54. The van der Waals surface area contributed by atoms with Crippen molar-refractivity contribution < 1.29 is 9.59 Å². The molecular weight excluding hydrogens is 214 g/mol. The largest absolute Gasteiger partial charge is 0.282 e. The predicted molar refractivity (Wildman–Crippen MR) is 57.4 cm³/mol. The average Bonchev–Trinajstić information content (AvgIpc) is 2.63. The minimum Gasteiger partial charge on any atom is -0.282 e. The molecule has 0 radical (unpaired) electrons. The average molecular weight is 230 g/mol. The zero-order chi connectivity index (χ0) is 11.2. The normalized spacial score (nSPS) is 32.1. The standard InChI is InChI=1S/C11H16ClNO2/c1-11(2)7-8(11)10(15)13(9(7)14)6-4-3-5-12/h7-8H,3-6H2,1-2H3. The number of carbonyl (C=O) groups excluding carboxylic acids is 2. The first-order valence-electron chi connectivity index (χ1n) is 5.43. The second-order valence-corrected chi connectivity index (χ2v) is 5.38. The Kier molecular flexibility index (Phi) is 2.53. The number of halogens is 1. The Morgan fingerprint density at radius 2 is 1.73 bits per heavy atom. The van der Waals surface area contributed by atoms with Crippen molar-refractivity contribution >= 4 is 23.4 Å². The number of unbranched alkanes of at least 4 members (excludes halogenated alkanes) is 1. The Morgan fingerprint density at radius 3 is 2.20 bits per heavy atom. The van der Waals surface area contributed by atoms with Gasteiger partial charge < -0.3 is 0 Å². The molecule has 84 valence electrons. The molecular formula is C11H16ClNO2. The van der Waals surface area contributed by atoms with Gasteiger partial charge >= 0.3 is 0 Å². The van der Waals surface area contributed by atoms with E-state index in [1.165, 1.54) is 4.90 Å². The summed E-state index contributed by atoms with van der Waals surface area (Å²) in [5.74, 6) is 0.574. The summed E-state index contributed by atoms with van der Waals surface area (Å²) in [7, 11) is 0. The van der Waals surface area contributed by atoms with E-state index in [-0.39, 0.29) is 29.1 Å². The maximum Gasteiger partial charge on any atom is 0.233 e. The molecule has 1 heterocycles. The second-order valence-electron chi connectivity index (χ2n) is 5.00. The molecule has 0 aromatic heterocycles. The monoisotopic (exact) mass is 229 g/mol. The summed E-state index contributed by atoms with van der Waals surface area (Å²) in [4.78, 5) is 25.1. The minimum atomic E-state index is -0.0862. The molecule has 3 nitrogen and oxygen atoms in total. The zero-order valence-corrected chi connectivity index (χ0v) is 9.88. The lowest BCUT2D eigenvalue weighted by Crippen LogP contribution is -2.36. The van der Waals surface area contributed by atoms with Crippen LogP contribution in [0, 0.1) is 17.3 Å². The number of imide groups is 1. The third kappa shape index (κ3) is 1.48. The van der Waals surface area contributed by atoms with Gasteiger partial charge in [0.05, 0.1) is 11.8 Å². The van der Waals surface area contributed by atoms with Gasteiger partial charge in [0.1, 0.15) is 0 Å². The van der Waals surface area contributed by atoms with Crippen LogP contribution in [0.4, 0.5) is 0 Å². The van der Waals surface area contributed by atoms with Crippen LogP contribution >= 0.6 is 11.6 Å². The summed E-state index contributed by atoms with van der Waals surface area (Å²) in [5, 5.41) is 0. The molecule has 0 aromatic carbocycles. The van der Waals surface area contributed by atoms with Crippen LogP contribution in [0.5, 0.6) is 0 Å². The molecule has 1 aliphatic carbocycles. The van der Waals surface area contributed by atoms with Gasteiger partial charge in [0, 0.05) is 12.4 Å². The molecule has 2 aliphatic rings. The number of amides is 2. The number of hydrogen-bond acceptors (Lipinski definition) is 2. The Bertz CT molecular complexity index is 290. The predicted octanol–water partition coefficient (Wildman–Crippen LogP) is 1.65. The Hall–Kier alpha value is -0.570. The van der Waals surface area contributed by atoms with E-state index in [4.69, 9.17) is 11.6 Å². The maximum atomic E-state index is 11.8. The molecule has 15 heavy (non-hydrogen) atoms. The Balaban J connectivity index is 1.96. The SMILES string of the molecule is CC1(C)C2C(=O)N(CCCCCl)C(=O)C21. The van der Waals surface area contributed by atoms with Gasteiger partial charge in [-0.25, -0.2) is 0 Å². The molecule has 2 unspecified atom stereocenters. The fourth-order valence-corrected chi connectivity index (χ4v) is 2.78. The first kappa shape index (κ1) is 10.9. The molecule has 2 rings (SSSR count). The lowest BCUT2D eigenvalue weighted by atomic mass is 10.1. The summed E-state index contributed by atoms with van der Waals surface area (Å²) in [6, 6.07) is 0. The Morgan fingerprint density at radius 1 is 1.20 bits per heavy atom. The first-order chi connectivity index (χ1) is 7.01. The molecule has 0 spiro atoms. The number of fused-ring (bicyclic) bond motifs is 1. The van der Waals surface area contributed by atoms with Gasteiger partial charge in [-0.3, -0.25) is 14.5 Å². The number of hydrogen-bond donors (Lipinski definition) is 0. The van der Waals surface area contributed by atoms with Gasteiger partial charge in [0.25, 0.3) is 0 Å². The van der Waals surface area contributed by atoms with Crippen molar-refractivity contribution in [1.82, 2.24) is 4.90 Å². The lowest BCUT2D eigenvalue weighted by molar-refractivity contribution is -0.143. The van der Waals surface area contributed by atoms with Crippen molar-refractivity contribution in [3.63, 3.8) is 0 Å². The number of nitrogens with zero attached hydrogens (tertiary/aromatic N) is 1. The van der Waals surface area contributed by atoms with Crippen LogP contribution in [0.1, 0.15) is 26.7 Å². The van der Waals surface area contributed by atoms with Crippen LogP contribution in [0.3, 0.4) is 0 Å². The van der Waals surface area contributed by atoms with E-state index in [1.54, 1.807) is 0 Å². The highest BCUT2D eigenvalue weighted by molar-refractivity contribution is 6.17. The Labute approximate surface area is 94.8 Å². The molecule has 1 aliphatic heterocycles. The van der Waals surface area contributed by atoms with Gasteiger partial charge in [-0.05, 0) is 18.3 Å². The van der Waals surface area contributed by atoms with Crippen LogP contribution in [0.2, 0.25) is 0 Å². The third-order valence-electron chi connectivity index (χ3n) is 3.66. The third-order valence-corrected chi connectivity index (χ3v) is 3.92. The molecule has 1 saturated carbocycles. The number of rotatable bonds is 4. The molecule has 0 N–H and O–H groups in total. The van der Waals surface area contributed by atoms with Gasteiger partial charge in [0.2, 0.25) is 11.8 Å². The number of alkyl halides is 1. The highest BCUT2D eigenvalue weighted by atomic mass is 35.5. The van der Waals surface area contributed by atoms with Crippen molar-refractivity contribution in [2.45, 2.75) is 26.7 Å². The van der Waals surface area contributed by atoms with Crippen molar-refractivity contribution in [3.05, 3.63) is 0 Å². The molecule has 1 saturated heterocycles. The van der Waals surface area contributed by atoms with Crippen molar-refractivity contribution in [2.75, 3.05) is 12.4 Å². The molecule has 0 bridgehead atoms. The smallest absolute Gasteiger partial charge is 0.233 e. The molecule has 2 atom stereocenters. The van der Waals surface area contributed by atoms with E-state index in [0.717, 1.165) is 12.8 Å². The van der Waals surface area contributed by atoms with E-state index in [0.29, 0.717) is 12.4 Å². The fourth-order valence-electron chi connectivity index (χ4n) is 2.59. The van der Waals surface area contributed by atoms with Crippen LogP contribution in [-0.2, 0) is 9.59 Å². The van der Waals surface area contributed by atoms with Gasteiger partial charge in [-0.2, -0.15) is 0 Å². The highest BCUT2D eigenvalue weighted by Gasteiger charge is 2.72. The molecule has 4 heteroatoms. The minimum absolute atomic E-state index is 0.0320. The summed E-state index contributed by atoms with van der Waals surface area (Å²) < 4.78 is 0. The van der Waals surface area contributed by atoms with Gasteiger partial charge in [-0.1, -0.05) is 13.8 Å². The van der Waals surface area contributed by atoms with Crippen molar-refractivity contribution in [2.24, 2.45) is 17.3 Å². The number of piperidine rings is 1. The number of carbonyl (C=O) groups is 2. The molecule has 2 amide bonds. The van der Waals surface area contributed by atoms with E-state index in [1.807, 2.05) is 13.8 Å². The highest BCUT2D eigenvalue weighted by Crippen LogP contribution is 2.63. The summed E-state index contributed by atoms with van der Waals surface area (Å²) >= 11 is 5.55. The fraction of sp³-hybridized carbons (Fsp3) is 0.818. The zero-order valence-electron chi connectivity index (χ0n) is 9.12. The topological polar surface area (TPSA) is 37.4 Å². The summed E-state index contributed by atoms with van der Waals surface area (Å²) in [5.41, 5.74) is -0.0862. The number of likely N-dealkylation sites (tertiary alicyclic amines) is 1. The first-order valence-corrected chi connectivity index (χ1v) is 5.96. The van der Waals surface area contributed by atoms with Crippen molar-refractivity contribution in [1.29, 1.82) is 0 Å². The lowest BCUT2D eigenvalue weighted by Gasteiger charge is -2.20. The quantitative estimate of drug-likeness (QED) is 0.418. The van der Waals surface area contributed by atoms with Gasteiger partial charge in [-0.15, -0.1) is 11.6 Å². The van der Waals surface area contributed by atoms with Crippen LogP contribution in [0.15, 0.2) is 0 Å². The van der Waals surface area contributed by atoms with E-state index >= 15 is 0 Å². The molecule has 0 aromatic rings. The van der Waals surface area contributed by atoms with Crippen LogP contribution in [-0.4, -0.2) is 29.1 Å². The summed E-state index contributed by atoms with van der Waals surface area (Å²) in [6.07, 6.45) is 1.68.